The van der Waals surface area contributed by atoms with E-state index in [0.717, 1.165) is 43.4 Å². The van der Waals surface area contributed by atoms with E-state index in [0.29, 0.717) is 54.0 Å². The number of aromatic nitrogens is 2. The molecule has 7 nitrogen and oxygen atoms in total. The van der Waals surface area contributed by atoms with Gasteiger partial charge in [-0.1, -0.05) is 76.8 Å². The second kappa shape index (κ2) is 16.1. The molecule has 4 rings (SSSR count). The Labute approximate surface area is 261 Å². The molecule has 1 amide bonds. The zero-order chi connectivity index (χ0) is 31.5. The zero-order valence-corrected chi connectivity index (χ0v) is 27.0. The predicted molar refractivity (Wildman–Crippen MR) is 178 cm³/mol. The van der Waals surface area contributed by atoms with Crippen LogP contribution in [0, 0.1) is 0 Å². The SMILES string of the molecule is CCCCCCCC(=O)N(CCc1ccc(OC)c(OC)c1)C(CC)c1nc2ccccc2c(=O)n1-c1ccc(CC)cc1. The van der Waals surface area contributed by atoms with Crippen molar-refractivity contribution < 1.29 is 14.3 Å². The highest BCUT2D eigenvalue weighted by Crippen LogP contribution is 2.30. The molecule has 0 saturated heterocycles. The van der Waals surface area contributed by atoms with Gasteiger partial charge in [0.2, 0.25) is 5.91 Å². The van der Waals surface area contributed by atoms with Crippen LogP contribution < -0.4 is 15.0 Å². The Balaban J connectivity index is 1.77. The molecule has 0 fully saturated rings. The summed E-state index contributed by atoms with van der Waals surface area (Å²) in [5, 5.41) is 0.560. The molecule has 0 spiro atoms. The summed E-state index contributed by atoms with van der Waals surface area (Å²) in [5.41, 5.74) is 3.50. The standard InChI is InChI=1S/C37H47N3O4/c1-6-9-10-11-12-17-35(41)39(25-24-28-20-23-33(43-4)34(26-28)44-5)32(8-3)36-38-31-16-14-13-15-30(31)37(42)40(36)29-21-18-27(7-2)19-22-29/h13-16,18-23,26,32H,6-12,17,24-25H2,1-5H3. The van der Waals surface area contributed by atoms with Crippen LogP contribution in [0.4, 0.5) is 0 Å². The second-order valence-corrected chi connectivity index (χ2v) is 11.3. The molecule has 3 aromatic carbocycles. The first-order valence-corrected chi connectivity index (χ1v) is 16.1. The van der Waals surface area contributed by atoms with Gasteiger partial charge in [-0.3, -0.25) is 14.2 Å². The smallest absolute Gasteiger partial charge is 0.266 e. The minimum atomic E-state index is -0.388. The highest BCUT2D eigenvalue weighted by atomic mass is 16.5. The van der Waals surface area contributed by atoms with Crippen LogP contribution in [0.1, 0.15) is 88.7 Å². The van der Waals surface area contributed by atoms with Gasteiger partial charge in [0.1, 0.15) is 5.82 Å². The fraction of sp³-hybridized carbons (Fsp3) is 0.432. The molecular formula is C37H47N3O4. The van der Waals surface area contributed by atoms with E-state index in [1.165, 1.54) is 12.0 Å². The predicted octanol–water partition coefficient (Wildman–Crippen LogP) is 7.85. The van der Waals surface area contributed by atoms with Crippen LogP contribution in [-0.4, -0.2) is 41.1 Å². The zero-order valence-electron chi connectivity index (χ0n) is 27.0. The normalized spacial score (nSPS) is 11.8. The molecule has 1 unspecified atom stereocenters. The highest BCUT2D eigenvalue weighted by Gasteiger charge is 2.29. The number of fused-ring (bicyclic) bond motifs is 1. The minimum absolute atomic E-state index is 0.0871. The van der Waals surface area contributed by atoms with Crippen molar-refractivity contribution in [3.63, 3.8) is 0 Å². The summed E-state index contributed by atoms with van der Waals surface area (Å²) in [5.74, 6) is 2.00. The second-order valence-electron chi connectivity index (χ2n) is 11.3. The van der Waals surface area contributed by atoms with Crippen molar-refractivity contribution in [1.29, 1.82) is 0 Å². The van der Waals surface area contributed by atoms with Crippen LogP contribution >= 0.6 is 0 Å². The monoisotopic (exact) mass is 597 g/mol. The van der Waals surface area contributed by atoms with Crippen molar-refractivity contribution >= 4 is 16.8 Å². The van der Waals surface area contributed by atoms with Crippen LogP contribution in [0.3, 0.4) is 0 Å². The molecule has 1 atom stereocenters. The van der Waals surface area contributed by atoms with Crippen LogP contribution in [-0.2, 0) is 17.6 Å². The van der Waals surface area contributed by atoms with Crippen LogP contribution in [0.2, 0.25) is 0 Å². The van der Waals surface area contributed by atoms with Crippen molar-refractivity contribution in [3.05, 3.63) is 94.0 Å². The summed E-state index contributed by atoms with van der Waals surface area (Å²) in [7, 11) is 3.25. The van der Waals surface area contributed by atoms with Gasteiger partial charge in [0, 0.05) is 13.0 Å². The molecule has 0 saturated carbocycles. The highest BCUT2D eigenvalue weighted by molar-refractivity contribution is 5.79. The van der Waals surface area contributed by atoms with Crippen molar-refractivity contribution in [3.8, 4) is 17.2 Å². The molecular weight excluding hydrogens is 550 g/mol. The number of hydrogen-bond acceptors (Lipinski definition) is 5. The molecule has 0 aliphatic heterocycles. The Hall–Kier alpha value is -4.13. The molecule has 0 N–H and O–H groups in total. The van der Waals surface area contributed by atoms with Crippen LogP contribution in [0.15, 0.2) is 71.5 Å². The Morgan fingerprint density at radius 2 is 1.57 bits per heavy atom. The first-order valence-electron chi connectivity index (χ1n) is 16.1. The van der Waals surface area contributed by atoms with E-state index in [2.05, 4.69) is 32.9 Å². The lowest BCUT2D eigenvalue weighted by atomic mass is 10.0. The van der Waals surface area contributed by atoms with Gasteiger partial charge in [0.05, 0.1) is 36.9 Å². The van der Waals surface area contributed by atoms with E-state index in [-0.39, 0.29) is 17.5 Å². The molecule has 0 aliphatic carbocycles. The first-order chi connectivity index (χ1) is 21.4. The van der Waals surface area contributed by atoms with Gasteiger partial charge in [-0.2, -0.15) is 0 Å². The number of para-hydroxylation sites is 1. The van der Waals surface area contributed by atoms with E-state index in [4.69, 9.17) is 14.5 Å². The Kier molecular flexibility index (Phi) is 12.0. The minimum Gasteiger partial charge on any atom is -0.493 e. The molecule has 44 heavy (non-hydrogen) atoms. The molecule has 4 aromatic rings. The van der Waals surface area contributed by atoms with E-state index in [9.17, 15) is 9.59 Å². The van der Waals surface area contributed by atoms with Crippen molar-refractivity contribution in [2.45, 2.75) is 84.6 Å². The number of benzene rings is 3. The molecule has 0 bridgehead atoms. The van der Waals surface area contributed by atoms with Gasteiger partial charge in [0.25, 0.3) is 5.56 Å². The topological polar surface area (TPSA) is 73.7 Å². The van der Waals surface area contributed by atoms with Crippen LogP contribution in [0.5, 0.6) is 11.5 Å². The largest absolute Gasteiger partial charge is 0.493 e. The maximum atomic E-state index is 14.1. The number of hydrogen-bond donors (Lipinski definition) is 0. The quantitative estimate of drug-likeness (QED) is 0.123. The fourth-order valence-corrected chi connectivity index (χ4v) is 5.81. The number of aryl methyl sites for hydroxylation is 1. The maximum absolute atomic E-state index is 14.1. The van der Waals surface area contributed by atoms with Crippen molar-refractivity contribution in [1.82, 2.24) is 14.5 Å². The van der Waals surface area contributed by atoms with E-state index < -0.39 is 0 Å². The number of rotatable bonds is 16. The third-order valence-corrected chi connectivity index (χ3v) is 8.37. The summed E-state index contributed by atoms with van der Waals surface area (Å²) in [4.78, 5) is 35.2. The van der Waals surface area contributed by atoms with Gasteiger partial charge in [-0.05, 0) is 73.2 Å². The third-order valence-electron chi connectivity index (χ3n) is 8.37. The van der Waals surface area contributed by atoms with E-state index in [1.54, 1.807) is 18.8 Å². The number of unbranched alkanes of at least 4 members (excludes halogenated alkanes) is 4. The summed E-state index contributed by atoms with van der Waals surface area (Å²) < 4.78 is 12.7. The van der Waals surface area contributed by atoms with E-state index >= 15 is 0 Å². The molecule has 7 heteroatoms. The Morgan fingerprint density at radius 3 is 2.25 bits per heavy atom. The lowest BCUT2D eigenvalue weighted by Gasteiger charge is -2.33. The van der Waals surface area contributed by atoms with Gasteiger partial charge >= 0.3 is 0 Å². The summed E-state index contributed by atoms with van der Waals surface area (Å²) in [6.45, 7) is 6.86. The van der Waals surface area contributed by atoms with E-state index in [1.807, 2.05) is 59.5 Å². The first kappa shape index (κ1) is 32.8. The fourth-order valence-electron chi connectivity index (χ4n) is 5.81. The number of carbonyl (C=O) groups is 1. The van der Waals surface area contributed by atoms with Gasteiger partial charge in [0.15, 0.2) is 11.5 Å². The lowest BCUT2D eigenvalue weighted by molar-refractivity contribution is -0.134. The molecule has 1 heterocycles. The van der Waals surface area contributed by atoms with Gasteiger partial charge in [-0.15, -0.1) is 0 Å². The maximum Gasteiger partial charge on any atom is 0.266 e. The third kappa shape index (κ3) is 7.68. The van der Waals surface area contributed by atoms with Crippen molar-refractivity contribution in [2.75, 3.05) is 20.8 Å². The number of amides is 1. The Morgan fingerprint density at radius 1 is 0.864 bits per heavy atom. The number of nitrogens with zero attached hydrogens (tertiary/aromatic N) is 3. The summed E-state index contributed by atoms with van der Waals surface area (Å²) in [6, 6.07) is 21.0. The average molecular weight is 598 g/mol. The van der Waals surface area contributed by atoms with Crippen molar-refractivity contribution in [2.24, 2.45) is 0 Å². The van der Waals surface area contributed by atoms with Crippen LogP contribution in [0.25, 0.3) is 16.6 Å². The molecule has 0 aliphatic rings. The molecule has 234 valence electrons. The van der Waals surface area contributed by atoms with Gasteiger partial charge < -0.3 is 14.4 Å². The number of carbonyl (C=O) groups excluding carboxylic acids is 1. The van der Waals surface area contributed by atoms with Gasteiger partial charge in [-0.25, -0.2) is 4.98 Å². The summed E-state index contributed by atoms with van der Waals surface area (Å²) in [6.07, 6.45) is 7.97. The lowest BCUT2D eigenvalue weighted by Crippen LogP contribution is -2.39. The number of ether oxygens (including phenoxy) is 2. The molecule has 1 aromatic heterocycles. The Bertz CT molecular complexity index is 1580. The molecule has 0 radical (unpaired) electrons. The number of methoxy groups -OCH3 is 2. The summed E-state index contributed by atoms with van der Waals surface area (Å²) >= 11 is 0. The average Bonchev–Trinajstić information content (AvgIpc) is 3.06.